The molecule has 3 aromatic rings. The quantitative estimate of drug-likeness (QED) is 0.656. The molecule has 0 spiro atoms. The lowest BCUT2D eigenvalue weighted by atomic mass is 10.2. The number of halogens is 2. The van der Waals surface area contributed by atoms with Crippen molar-refractivity contribution >= 4 is 23.4 Å². The van der Waals surface area contributed by atoms with Crippen LogP contribution in [-0.2, 0) is 0 Å². The average molecular weight is 403 g/mol. The second-order valence-corrected chi connectivity index (χ2v) is 6.13. The number of benzene rings is 2. The molecule has 8 nitrogen and oxygen atoms in total. The van der Waals surface area contributed by atoms with Crippen molar-refractivity contribution in [1.29, 1.82) is 0 Å². The number of hydrogen-bond acceptors (Lipinski definition) is 5. The number of ether oxygens (including phenoxy) is 2. The van der Waals surface area contributed by atoms with Crippen molar-refractivity contribution in [2.24, 2.45) is 0 Å². The van der Waals surface area contributed by atoms with Crippen LogP contribution in [0.3, 0.4) is 0 Å². The van der Waals surface area contributed by atoms with Crippen LogP contribution in [0.5, 0.6) is 11.5 Å². The number of rotatable bonds is 3. The molecular weight excluding hydrogens is 391 g/mol. The van der Waals surface area contributed by atoms with Crippen molar-refractivity contribution in [2.75, 3.05) is 6.79 Å². The third-order valence-corrected chi connectivity index (χ3v) is 4.24. The van der Waals surface area contributed by atoms with E-state index in [-0.39, 0.29) is 23.1 Å². The second kappa shape index (κ2) is 7.20. The van der Waals surface area contributed by atoms with E-state index in [0.717, 1.165) is 0 Å². The minimum atomic E-state index is -0.609. The summed E-state index contributed by atoms with van der Waals surface area (Å²) in [6.45, 7) is 0.0181. The molecule has 2 heterocycles. The van der Waals surface area contributed by atoms with Crippen molar-refractivity contribution in [1.82, 2.24) is 20.4 Å². The summed E-state index contributed by atoms with van der Waals surface area (Å²) < 4.78 is 24.9. The smallest absolute Gasteiger partial charge is 0.288 e. The van der Waals surface area contributed by atoms with Gasteiger partial charge in [0.2, 0.25) is 6.79 Å². The molecule has 4 rings (SSSR count). The van der Waals surface area contributed by atoms with Crippen LogP contribution in [0.2, 0.25) is 5.02 Å². The average Bonchev–Trinajstić information content (AvgIpc) is 3.36. The minimum Gasteiger partial charge on any atom is -0.454 e. The molecule has 0 unspecified atom stereocenters. The fourth-order valence-electron chi connectivity index (χ4n) is 2.62. The van der Waals surface area contributed by atoms with Gasteiger partial charge in [0.25, 0.3) is 11.8 Å². The number of carbonyl (C=O) groups is 2. The molecule has 1 aliphatic rings. The van der Waals surface area contributed by atoms with Crippen LogP contribution in [0.15, 0.2) is 48.9 Å². The summed E-state index contributed by atoms with van der Waals surface area (Å²) in [5.41, 5.74) is 5.47. The number of hydrogen-bond donors (Lipinski definition) is 2. The molecule has 2 N–H and O–H groups in total. The molecule has 0 aliphatic carbocycles. The van der Waals surface area contributed by atoms with Crippen molar-refractivity contribution in [2.45, 2.75) is 0 Å². The van der Waals surface area contributed by atoms with E-state index in [1.807, 2.05) is 0 Å². The number of nitrogens with one attached hydrogen (secondary N) is 2. The largest absolute Gasteiger partial charge is 0.454 e. The number of fused-ring (bicyclic) bond motifs is 1. The summed E-state index contributed by atoms with van der Waals surface area (Å²) in [5.74, 6) is -0.892. The van der Waals surface area contributed by atoms with Crippen LogP contribution in [0.4, 0.5) is 4.39 Å². The Kier molecular flexibility index (Phi) is 4.58. The lowest BCUT2D eigenvalue weighted by molar-refractivity contribution is 0.0842. The lowest BCUT2D eigenvalue weighted by Gasteiger charge is -2.10. The van der Waals surface area contributed by atoms with Gasteiger partial charge >= 0.3 is 0 Å². The summed E-state index contributed by atoms with van der Waals surface area (Å²) in [4.78, 5) is 28.7. The fourth-order valence-corrected chi connectivity index (χ4v) is 2.88. The number of aromatic nitrogens is 2. The van der Waals surface area contributed by atoms with Crippen molar-refractivity contribution < 1.29 is 23.5 Å². The Morgan fingerprint density at radius 2 is 1.86 bits per heavy atom. The first kappa shape index (κ1) is 17.8. The van der Waals surface area contributed by atoms with Crippen LogP contribution in [0.25, 0.3) is 5.69 Å². The maximum absolute atomic E-state index is 13.1. The zero-order valence-electron chi connectivity index (χ0n) is 14.1. The van der Waals surface area contributed by atoms with Gasteiger partial charge in [-0.05, 0) is 36.4 Å². The molecule has 2 amide bonds. The van der Waals surface area contributed by atoms with Gasteiger partial charge in [-0.25, -0.2) is 9.37 Å². The summed E-state index contributed by atoms with van der Waals surface area (Å²) in [6, 6.07) is 8.39. The van der Waals surface area contributed by atoms with E-state index in [1.165, 1.54) is 53.5 Å². The molecule has 10 heteroatoms. The molecule has 0 saturated carbocycles. The molecule has 0 fully saturated rings. The molecule has 0 atom stereocenters. The summed E-state index contributed by atoms with van der Waals surface area (Å²) in [5, 5.41) is 0.223. The van der Waals surface area contributed by atoms with Gasteiger partial charge in [0.1, 0.15) is 11.5 Å². The van der Waals surface area contributed by atoms with E-state index in [0.29, 0.717) is 17.2 Å². The van der Waals surface area contributed by atoms with Gasteiger partial charge in [0.05, 0.1) is 17.5 Å². The molecule has 0 bridgehead atoms. The highest BCUT2D eigenvalue weighted by atomic mass is 35.5. The van der Waals surface area contributed by atoms with Crippen LogP contribution in [0.1, 0.15) is 20.8 Å². The van der Waals surface area contributed by atoms with E-state index in [1.54, 1.807) is 0 Å². The van der Waals surface area contributed by atoms with Gasteiger partial charge < -0.3 is 9.47 Å². The van der Waals surface area contributed by atoms with E-state index in [9.17, 15) is 14.0 Å². The number of carbonyl (C=O) groups excluding carboxylic acids is 2. The molecule has 28 heavy (non-hydrogen) atoms. The third kappa shape index (κ3) is 3.35. The van der Waals surface area contributed by atoms with Crippen LogP contribution < -0.4 is 20.3 Å². The Bertz CT molecular complexity index is 1070. The Hall–Kier alpha value is -3.59. The highest BCUT2D eigenvalue weighted by molar-refractivity contribution is 6.32. The fraction of sp³-hybridized carbons (Fsp3) is 0.0556. The number of nitrogens with zero attached hydrogens (tertiary/aromatic N) is 2. The Balaban J connectivity index is 1.47. The Morgan fingerprint density at radius 1 is 1.11 bits per heavy atom. The first-order valence-corrected chi connectivity index (χ1v) is 8.39. The van der Waals surface area contributed by atoms with E-state index >= 15 is 0 Å². The molecule has 2 aromatic carbocycles. The highest BCUT2D eigenvalue weighted by Crippen LogP contribution is 2.39. The third-order valence-electron chi connectivity index (χ3n) is 3.95. The van der Waals surface area contributed by atoms with Gasteiger partial charge in [-0.1, -0.05) is 11.6 Å². The lowest BCUT2D eigenvalue weighted by Crippen LogP contribution is -2.42. The summed E-state index contributed by atoms with van der Waals surface area (Å²) in [7, 11) is 0. The van der Waals surface area contributed by atoms with Gasteiger partial charge in [0, 0.05) is 11.3 Å². The molecule has 1 aromatic heterocycles. The first-order valence-electron chi connectivity index (χ1n) is 8.01. The normalized spacial score (nSPS) is 11.9. The topological polar surface area (TPSA) is 94.5 Å². The Morgan fingerprint density at radius 3 is 2.64 bits per heavy atom. The minimum absolute atomic E-state index is 0.0181. The van der Waals surface area contributed by atoms with Crippen LogP contribution in [0, 0.1) is 5.82 Å². The Labute approximate surface area is 162 Å². The summed E-state index contributed by atoms with van der Waals surface area (Å²) >= 11 is 6.05. The molecule has 0 radical (unpaired) electrons. The van der Waals surface area contributed by atoms with E-state index in [4.69, 9.17) is 21.1 Å². The maximum atomic E-state index is 13.1. The predicted octanol–water partition coefficient (Wildman–Crippen LogP) is 2.47. The highest BCUT2D eigenvalue weighted by Gasteiger charge is 2.21. The van der Waals surface area contributed by atoms with Crippen LogP contribution >= 0.6 is 11.6 Å². The predicted molar refractivity (Wildman–Crippen MR) is 96.0 cm³/mol. The van der Waals surface area contributed by atoms with Crippen molar-refractivity contribution in [3.63, 3.8) is 0 Å². The zero-order chi connectivity index (χ0) is 19.7. The summed E-state index contributed by atoms with van der Waals surface area (Å²) in [6.07, 6.45) is 2.73. The van der Waals surface area contributed by atoms with Crippen LogP contribution in [-0.4, -0.2) is 28.2 Å². The van der Waals surface area contributed by atoms with Gasteiger partial charge in [-0.2, -0.15) is 0 Å². The zero-order valence-corrected chi connectivity index (χ0v) is 14.9. The monoisotopic (exact) mass is 402 g/mol. The standard InChI is InChI=1S/C18H12ClFN4O4/c19-13-5-10(6-15-16(13)28-9-27-15)17(25)22-23-18(26)14-7-21-8-24(14)12-3-1-11(20)2-4-12/h1-8H,9H2,(H,22,25)(H,23,26). The second-order valence-electron chi connectivity index (χ2n) is 5.73. The van der Waals surface area contributed by atoms with E-state index in [2.05, 4.69) is 15.8 Å². The SMILES string of the molecule is O=C(NNC(=O)c1cncn1-c1ccc(F)cc1)c1cc(Cl)c2c(c1)OCO2. The number of hydrazine groups is 1. The van der Waals surface area contributed by atoms with Gasteiger partial charge in [-0.3, -0.25) is 25.0 Å². The number of imidazole rings is 1. The number of amides is 2. The molecule has 0 saturated heterocycles. The molecule has 142 valence electrons. The van der Waals surface area contributed by atoms with Crippen molar-refractivity contribution in [3.05, 3.63) is 71.0 Å². The first-order chi connectivity index (χ1) is 13.5. The van der Waals surface area contributed by atoms with Crippen molar-refractivity contribution in [3.8, 4) is 17.2 Å². The molecular formula is C18H12ClFN4O4. The van der Waals surface area contributed by atoms with E-state index < -0.39 is 17.6 Å². The van der Waals surface area contributed by atoms with Gasteiger partial charge in [-0.15, -0.1) is 0 Å². The molecule has 1 aliphatic heterocycles. The maximum Gasteiger partial charge on any atom is 0.288 e. The van der Waals surface area contributed by atoms with Gasteiger partial charge in [0.15, 0.2) is 11.5 Å².